The lowest BCUT2D eigenvalue weighted by Crippen LogP contribution is -2.48. The summed E-state index contributed by atoms with van der Waals surface area (Å²) in [5.41, 5.74) is 0.834. The first-order chi connectivity index (χ1) is 11.6. The summed E-state index contributed by atoms with van der Waals surface area (Å²) in [6.45, 7) is 8.15. The van der Waals surface area contributed by atoms with Gasteiger partial charge >= 0.3 is 0 Å². The molecule has 0 unspecified atom stereocenters. The van der Waals surface area contributed by atoms with Crippen molar-refractivity contribution >= 4 is 15.9 Å². The number of rotatable bonds is 5. The molecule has 1 fully saturated rings. The first-order valence-corrected chi connectivity index (χ1v) is 10.2. The molecule has 5 nitrogen and oxygen atoms in total. The van der Waals surface area contributed by atoms with Gasteiger partial charge in [0.15, 0.2) is 0 Å². The molecule has 25 heavy (non-hydrogen) atoms. The summed E-state index contributed by atoms with van der Waals surface area (Å²) in [6.07, 6.45) is 0.163. The molecule has 1 amide bonds. The van der Waals surface area contributed by atoms with Gasteiger partial charge in [-0.3, -0.25) is 4.79 Å². The minimum Gasteiger partial charge on any atom is -0.334 e. The Kier molecular flexibility index (Phi) is 6.21. The summed E-state index contributed by atoms with van der Waals surface area (Å²) in [5, 5.41) is -0.515. The van der Waals surface area contributed by atoms with Crippen LogP contribution in [0.5, 0.6) is 0 Å². The second kappa shape index (κ2) is 7.83. The van der Waals surface area contributed by atoms with E-state index in [0.717, 1.165) is 5.56 Å². The average Bonchev–Trinajstić information content (AvgIpc) is 2.70. The second-order valence-electron chi connectivity index (χ2n) is 7.16. The SMILES string of the molecule is CC(C)[C@@H]1CN(S(=O)(=O)C(C)C)CCC(=O)N1Cc1ccc(F)cc1. The van der Waals surface area contributed by atoms with Crippen molar-refractivity contribution in [2.75, 3.05) is 13.1 Å². The Morgan fingerprint density at radius 2 is 1.76 bits per heavy atom. The van der Waals surface area contributed by atoms with Gasteiger partial charge in [0.2, 0.25) is 15.9 Å². The van der Waals surface area contributed by atoms with Gasteiger partial charge in [0.1, 0.15) is 5.82 Å². The molecule has 140 valence electrons. The number of hydrogen-bond donors (Lipinski definition) is 0. The highest BCUT2D eigenvalue weighted by molar-refractivity contribution is 7.89. The highest BCUT2D eigenvalue weighted by Crippen LogP contribution is 2.23. The van der Waals surface area contributed by atoms with Crippen LogP contribution >= 0.6 is 0 Å². The molecule has 0 bridgehead atoms. The van der Waals surface area contributed by atoms with Crippen LogP contribution in [0, 0.1) is 11.7 Å². The van der Waals surface area contributed by atoms with E-state index in [4.69, 9.17) is 0 Å². The highest BCUT2D eigenvalue weighted by Gasteiger charge is 2.37. The van der Waals surface area contributed by atoms with Crippen molar-refractivity contribution in [1.82, 2.24) is 9.21 Å². The van der Waals surface area contributed by atoms with Crippen LogP contribution in [0.15, 0.2) is 24.3 Å². The molecule has 1 saturated heterocycles. The van der Waals surface area contributed by atoms with E-state index >= 15 is 0 Å². The van der Waals surface area contributed by atoms with E-state index in [9.17, 15) is 17.6 Å². The third-order valence-corrected chi connectivity index (χ3v) is 6.92. The van der Waals surface area contributed by atoms with Crippen molar-refractivity contribution in [3.8, 4) is 0 Å². The predicted octanol–water partition coefficient (Wildman–Crippen LogP) is 2.62. The molecule has 0 radical (unpaired) electrons. The Morgan fingerprint density at radius 3 is 2.28 bits per heavy atom. The fraction of sp³-hybridized carbons (Fsp3) is 0.611. The molecule has 0 saturated carbocycles. The quantitative estimate of drug-likeness (QED) is 0.801. The topological polar surface area (TPSA) is 57.7 Å². The molecule has 1 atom stereocenters. The molecule has 1 heterocycles. The molecule has 1 aliphatic rings. The summed E-state index contributed by atoms with van der Waals surface area (Å²) < 4.78 is 39.7. The maximum atomic E-state index is 13.1. The lowest BCUT2D eigenvalue weighted by molar-refractivity contribution is -0.134. The number of hydrogen-bond acceptors (Lipinski definition) is 3. The van der Waals surface area contributed by atoms with Crippen LogP contribution in [0.4, 0.5) is 4.39 Å². The molecule has 1 aliphatic heterocycles. The van der Waals surface area contributed by atoms with E-state index in [1.165, 1.54) is 16.4 Å². The van der Waals surface area contributed by atoms with Gasteiger partial charge in [0.25, 0.3) is 0 Å². The summed E-state index contributed by atoms with van der Waals surface area (Å²) in [7, 11) is -3.41. The van der Waals surface area contributed by atoms with Gasteiger partial charge < -0.3 is 4.90 Å². The standard InChI is InChI=1S/C18H27FN2O3S/c1-13(2)17-12-20(25(23,24)14(3)4)10-9-18(22)21(17)11-15-5-7-16(19)8-6-15/h5-8,13-14,17H,9-12H2,1-4H3/t17-/m0/s1. The van der Waals surface area contributed by atoms with Gasteiger partial charge in [0.05, 0.1) is 5.25 Å². The highest BCUT2D eigenvalue weighted by atomic mass is 32.2. The van der Waals surface area contributed by atoms with Crippen molar-refractivity contribution < 1.29 is 17.6 Å². The molecule has 1 aromatic rings. The van der Waals surface area contributed by atoms with Crippen LogP contribution in [0.2, 0.25) is 0 Å². The summed E-state index contributed by atoms with van der Waals surface area (Å²) >= 11 is 0. The predicted molar refractivity (Wildman–Crippen MR) is 95.8 cm³/mol. The van der Waals surface area contributed by atoms with E-state index in [1.54, 1.807) is 30.9 Å². The van der Waals surface area contributed by atoms with Gasteiger partial charge in [-0.1, -0.05) is 26.0 Å². The Hall–Kier alpha value is -1.47. The first-order valence-electron chi connectivity index (χ1n) is 8.65. The number of benzene rings is 1. The molecule has 0 aromatic heterocycles. The number of nitrogens with zero attached hydrogens (tertiary/aromatic N) is 2. The molecular weight excluding hydrogens is 343 g/mol. The first kappa shape index (κ1) is 19.8. The Balaban J connectivity index is 2.29. The largest absolute Gasteiger partial charge is 0.334 e. The van der Waals surface area contributed by atoms with Crippen LogP contribution in [0.1, 0.15) is 39.7 Å². The fourth-order valence-corrected chi connectivity index (χ4v) is 4.34. The lowest BCUT2D eigenvalue weighted by Gasteiger charge is -2.35. The number of sulfonamides is 1. The van der Waals surface area contributed by atoms with Crippen LogP contribution in [-0.4, -0.2) is 47.9 Å². The van der Waals surface area contributed by atoms with Crippen LogP contribution in [0.25, 0.3) is 0 Å². The number of amides is 1. The summed E-state index contributed by atoms with van der Waals surface area (Å²) in [6, 6.07) is 5.85. The molecular formula is C18H27FN2O3S. The minimum atomic E-state index is -3.41. The number of carbonyl (C=O) groups excluding carboxylic acids is 1. The molecule has 0 N–H and O–H groups in total. The van der Waals surface area contributed by atoms with Gasteiger partial charge in [-0.2, -0.15) is 4.31 Å². The number of carbonyl (C=O) groups is 1. The van der Waals surface area contributed by atoms with Gasteiger partial charge in [0, 0.05) is 32.1 Å². The van der Waals surface area contributed by atoms with Crippen molar-refractivity contribution in [2.45, 2.75) is 52.0 Å². The zero-order valence-electron chi connectivity index (χ0n) is 15.3. The van der Waals surface area contributed by atoms with E-state index < -0.39 is 15.3 Å². The molecule has 1 aromatic carbocycles. The second-order valence-corrected chi connectivity index (χ2v) is 9.65. The Morgan fingerprint density at radius 1 is 1.16 bits per heavy atom. The van der Waals surface area contributed by atoms with Crippen molar-refractivity contribution in [2.24, 2.45) is 5.92 Å². The monoisotopic (exact) mass is 370 g/mol. The minimum absolute atomic E-state index is 0.0653. The van der Waals surface area contributed by atoms with E-state index in [1.807, 2.05) is 13.8 Å². The average molecular weight is 370 g/mol. The van der Waals surface area contributed by atoms with E-state index in [-0.39, 0.29) is 36.6 Å². The fourth-order valence-electron chi connectivity index (χ4n) is 3.04. The third kappa shape index (κ3) is 4.58. The third-order valence-electron chi connectivity index (χ3n) is 4.68. The molecule has 2 rings (SSSR count). The lowest BCUT2D eigenvalue weighted by atomic mass is 10.0. The van der Waals surface area contributed by atoms with Crippen molar-refractivity contribution in [3.05, 3.63) is 35.6 Å². The summed E-state index contributed by atoms with van der Waals surface area (Å²) in [5.74, 6) is -0.280. The van der Waals surface area contributed by atoms with Gasteiger partial charge in [-0.05, 0) is 37.5 Å². The zero-order chi connectivity index (χ0) is 18.8. The molecule has 0 spiro atoms. The Labute approximate surface area is 149 Å². The van der Waals surface area contributed by atoms with E-state index in [2.05, 4.69) is 0 Å². The maximum absolute atomic E-state index is 13.1. The zero-order valence-corrected chi connectivity index (χ0v) is 16.1. The normalized spacial score (nSPS) is 20.4. The van der Waals surface area contributed by atoms with Crippen molar-refractivity contribution in [1.29, 1.82) is 0 Å². The Bertz CT molecular complexity index is 702. The van der Waals surface area contributed by atoms with Crippen LogP contribution in [-0.2, 0) is 21.4 Å². The smallest absolute Gasteiger partial charge is 0.224 e. The molecule has 0 aliphatic carbocycles. The maximum Gasteiger partial charge on any atom is 0.224 e. The van der Waals surface area contributed by atoms with Gasteiger partial charge in [-0.15, -0.1) is 0 Å². The summed E-state index contributed by atoms with van der Waals surface area (Å²) in [4.78, 5) is 14.4. The van der Waals surface area contributed by atoms with E-state index in [0.29, 0.717) is 13.1 Å². The van der Waals surface area contributed by atoms with Crippen LogP contribution in [0.3, 0.4) is 0 Å². The van der Waals surface area contributed by atoms with Gasteiger partial charge in [-0.25, -0.2) is 12.8 Å². The van der Waals surface area contributed by atoms with Crippen molar-refractivity contribution in [3.63, 3.8) is 0 Å². The van der Waals surface area contributed by atoms with Crippen LogP contribution < -0.4 is 0 Å². The molecule has 7 heteroatoms. The number of halogens is 1.